The summed E-state index contributed by atoms with van der Waals surface area (Å²) in [5, 5.41) is 5.41. The number of carbonyl (C=O) groups excluding carboxylic acids is 1. The van der Waals surface area contributed by atoms with Crippen LogP contribution in [0.3, 0.4) is 0 Å². The van der Waals surface area contributed by atoms with Crippen molar-refractivity contribution in [3.63, 3.8) is 0 Å². The molecule has 0 spiro atoms. The van der Waals surface area contributed by atoms with Crippen LogP contribution in [0, 0.1) is 12.7 Å². The average Bonchev–Trinajstić information content (AvgIpc) is 3.60. The highest BCUT2D eigenvalue weighted by Crippen LogP contribution is 2.35. The number of nitrogens with one attached hydrogen (secondary N) is 1. The largest absolute Gasteiger partial charge is 0.454 e. The molecule has 0 saturated carbocycles. The zero-order valence-corrected chi connectivity index (χ0v) is 24.0. The Morgan fingerprint density at radius 2 is 1.90 bits per heavy atom. The number of para-hydroxylation sites is 1. The van der Waals surface area contributed by atoms with E-state index in [1.54, 1.807) is 36.4 Å². The first kappa shape index (κ1) is 27.5. The van der Waals surface area contributed by atoms with E-state index in [2.05, 4.69) is 41.0 Å². The number of anilines is 2. The predicted octanol–water partition coefficient (Wildman–Crippen LogP) is 6.76. The number of nitrogen functional groups attached to an aromatic ring is 1. The zero-order valence-electron chi connectivity index (χ0n) is 24.0. The summed E-state index contributed by atoms with van der Waals surface area (Å²) in [7, 11) is 0. The van der Waals surface area contributed by atoms with Crippen molar-refractivity contribution in [1.29, 1.82) is 0 Å². The maximum absolute atomic E-state index is 14.0. The maximum Gasteiger partial charge on any atom is 0.214 e. The van der Waals surface area contributed by atoms with E-state index in [0.29, 0.717) is 41.8 Å². The van der Waals surface area contributed by atoms with Gasteiger partial charge in [0, 0.05) is 29.7 Å². The van der Waals surface area contributed by atoms with Gasteiger partial charge in [-0.05, 0) is 78.9 Å². The van der Waals surface area contributed by atoms with E-state index >= 15 is 0 Å². The second-order valence-electron chi connectivity index (χ2n) is 10.8. The van der Waals surface area contributed by atoms with Gasteiger partial charge in [0.1, 0.15) is 11.6 Å². The molecule has 1 aliphatic heterocycles. The fourth-order valence-corrected chi connectivity index (χ4v) is 5.45. The number of ketones is 1. The summed E-state index contributed by atoms with van der Waals surface area (Å²) in [5.41, 5.74) is 12.1. The van der Waals surface area contributed by atoms with Crippen molar-refractivity contribution in [2.75, 3.05) is 36.9 Å². The van der Waals surface area contributed by atoms with Crippen molar-refractivity contribution in [3.05, 3.63) is 95.1 Å². The molecule has 0 aliphatic carbocycles. The third-order valence-corrected chi connectivity index (χ3v) is 8.02. The molecule has 1 saturated heterocycles. The van der Waals surface area contributed by atoms with E-state index in [0.717, 1.165) is 36.0 Å². The normalized spacial score (nSPS) is 14.3. The van der Waals surface area contributed by atoms with Crippen LogP contribution in [0.4, 0.5) is 15.9 Å². The van der Waals surface area contributed by atoms with Crippen molar-refractivity contribution >= 4 is 28.2 Å². The van der Waals surface area contributed by atoms with E-state index < -0.39 is 5.82 Å². The summed E-state index contributed by atoms with van der Waals surface area (Å²) in [6, 6.07) is 17.8. The quantitative estimate of drug-likeness (QED) is 0.201. The number of nitrogens with two attached hydrogens (primary N) is 1. The summed E-state index contributed by atoms with van der Waals surface area (Å²) < 4.78 is 26.9. The van der Waals surface area contributed by atoms with Gasteiger partial charge in [-0.1, -0.05) is 26.0 Å². The summed E-state index contributed by atoms with van der Waals surface area (Å²) in [6.07, 6.45) is 2.51. The minimum absolute atomic E-state index is 0.141. The Bertz CT molecular complexity index is 1770. The number of fused-ring (bicyclic) bond motifs is 1. The van der Waals surface area contributed by atoms with Crippen molar-refractivity contribution in [1.82, 2.24) is 14.8 Å². The summed E-state index contributed by atoms with van der Waals surface area (Å²) >= 11 is 0. The molecule has 3 aromatic carbocycles. The lowest BCUT2D eigenvalue weighted by atomic mass is 9.95. The number of hydrogen-bond acceptors (Lipinski definition) is 6. The fourth-order valence-electron chi connectivity index (χ4n) is 5.45. The van der Waals surface area contributed by atoms with Gasteiger partial charge in [0.2, 0.25) is 5.78 Å². The van der Waals surface area contributed by atoms with Crippen LogP contribution in [0.15, 0.2) is 66.9 Å². The minimum atomic E-state index is -0.441. The van der Waals surface area contributed by atoms with Crippen LogP contribution < -0.4 is 15.4 Å². The molecule has 1 atom stereocenters. The number of morpholine rings is 1. The molecular weight excluding hydrogens is 533 g/mol. The molecular formula is C33H34FN5O3. The Balaban J connectivity index is 1.29. The molecule has 0 bridgehead atoms. The number of ether oxygens (including phenoxy) is 2. The maximum atomic E-state index is 14.0. The van der Waals surface area contributed by atoms with Crippen molar-refractivity contribution in [2.45, 2.75) is 33.1 Å². The van der Waals surface area contributed by atoms with E-state index in [-0.39, 0.29) is 17.4 Å². The molecule has 216 valence electrons. The lowest BCUT2D eigenvalue weighted by Crippen LogP contribution is -2.36. The second kappa shape index (κ2) is 11.3. The highest BCUT2D eigenvalue weighted by atomic mass is 19.1. The number of hydrogen-bond donors (Lipinski definition) is 2. The van der Waals surface area contributed by atoms with Crippen LogP contribution in [0.2, 0.25) is 0 Å². The molecule has 6 rings (SSSR count). The highest BCUT2D eigenvalue weighted by molar-refractivity contribution is 6.12. The molecule has 8 nitrogen and oxygen atoms in total. The first-order chi connectivity index (χ1) is 20.3. The number of aryl methyl sites for hydroxylation is 1. The fraction of sp³-hybridized carbons (Fsp3) is 0.273. The van der Waals surface area contributed by atoms with E-state index in [1.165, 1.54) is 28.2 Å². The third-order valence-electron chi connectivity index (χ3n) is 8.02. The molecule has 0 amide bonds. The molecule has 3 N–H and O–H groups in total. The molecule has 3 heterocycles. The monoisotopic (exact) mass is 567 g/mol. The molecule has 1 unspecified atom stereocenters. The third kappa shape index (κ3) is 5.12. The highest BCUT2D eigenvalue weighted by Gasteiger charge is 2.23. The number of carbonyl (C=O) groups is 1. The molecule has 0 radical (unpaired) electrons. The van der Waals surface area contributed by atoms with Gasteiger partial charge >= 0.3 is 0 Å². The van der Waals surface area contributed by atoms with Crippen LogP contribution in [-0.2, 0) is 4.74 Å². The standard InChI is InChI=1S/C33H34FN5O3/c1-4-20(2)24-18-27-22(17-30(24)38-11-13-41-14-12-38)16-28(37-27)32(40)25-19-36-39(33(25)35)29-10-9-23(15-21(29)3)42-31-8-6-5-7-26(31)34/h5-10,15-20,37H,4,11-14,35H2,1-3H3. The summed E-state index contributed by atoms with van der Waals surface area (Å²) in [4.78, 5) is 19.4. The number of H-pyrrole nitrogens is 1. The van der Waals surface area contributed by atoms with Gasteiger partial charge in [0.25, 0.3) is 0 Å². The molecule has 5 aromatic rings. The van der Waals surface area contributed by atoms with Crippen LogP contribution >= 0.6 is 0 Å². The minimum Gasteiger partial charge on any atom is -0.454 e. The van der Waals surface area contributed by atoms with Gasteiger partial charge in [0.05, 0.1) is 36.4 Å². The molecule has 1 aliphatic rings. The van der Waals surface area contributed by atoms with Gasteiger partial charge in [-0.15, -0.1) is 0 Å². The Hall–Kier alpha value is -4.63. The van der Waals surface area contributed by atoms with Crippen LogP contribution in [-0.4, -0.2) is 46.9 Å². The van der Waals surface area contributed by atoms with Crippen molar-refractivity contribution < 1.29 is 18.7 Å². The number of benzene rings is 3. The first-order valence-corrected chi connectivity index (χ1v) is 14.2. The smallest absolute Gasteiger partial charge is 0.214 e. The Morgan fingerprint density at radius 3 is 2.64 bits per heavy atom. The lowest BCUT2D eigenvalue weighted by Gasteiger charge is -2.32. The first-order valence-electron chi connectivity index (χ1n) is 14.2. The Morgan fingerprint density at radius 1 is 1.12 bits per heavy atom. The summed E-state index contributed by atoms with van der Waals surface area (Å²) in [5.74, 6) is 0.556. The molecule has 1 fully saturated rings. The van der Waals surface area contributed by atoms with Crippen molar-refractivity contribution in [2.24, 2.45) is 0 Å². The zero-order chi connectivity index (χ0) is 29.4. The van der Waals surface area contributed by atoms with Gasteiger partial charge in [-0.3, -0.25) is 4.79 Å². The van der Waals surface area contributed by atoms with E-state index in [9.17, 15) is 9.18 Å². The predicted molar refractivity (Wildman–Crippen MR) is 163 cm³/mol. The molecule has 2 aromatic heterocycles. The number of nitrogens with zero attached hydrogens (tertiary/aromatic N) is 3. The van der Waals surface area contributed by atoms with Crippen LogP contribution in [0.25, 0.3) is 16.6 Å². The average molecular weight is 568 g/mol. The van der Waals surface area contributed by atoms with E-state index in [4.69, 9.17) is 15.2 Å². The summed E-state index contributed by atoms with van der Waals surface area (Å²) in [6.45, 7) is 9.40. The number of aromatic nitrogens is 3. The number of aromatic amines is 1. The van der Waals surface area contributed by atoms with Gasteiger partial charge in [0.15, 0.2) is 11.6 Å². The SMILES string of the molecule is CCC(C)c1cc2[nH]c(C(=O)c3cnn(-c4ccc(Oc5ccccc5F)cc4C)c3N)cc2cc1N1CCOCC1. The Labute approximate surface area is 243 Å². The molecule has 9 heteroatoms. The van der Waals surface area contributed by atoms with Gasteiger partial charge in [-0.2, -0.15) is 5.10 Å². The lowest BCUT2D eigenvalue weighted by molar-refractivity contribution is 0.103. The second-order valence-corrected chi connectivity index (χ2v) is 10.8. The number of rotatable bonds is 8. The van der Waals surface area contributed by atoms with Crippen LogP contribution in [0.1, 0.15) is 53.4 Å². The van der Waals surface area contributed by atoms with Crippen LogP contribution in [0.5, 0.6) is 11.5 Å². The molecule has 42 heavy (non-hydrogen) atoms. The van der Waals surface area contributed by atoms with Gasteiger partial charge in [-0.25, -0.2) is 9.07 Å². The van der Waals surface area contributed by atoms with E-state index in [1.807, 2.05) is 13.0 Å². The Kier molecular flexibility index (Phi) is 7.43. The van der Waals surface area contributed by atoms with Crippen molar-refractivity contribution in [3.8, 4) is 17.2 Å². The topological polar surface area (TPSA) is 98.4 Å². The number of halogens is 1. The van der Waals surface area contributed by atoms with Gasteiger partial charge < -0.3 is 25.1 Å².